The lowest BCUT2D eigenvalue weighted by Gasteiger charge is -2.18. The van der Waals surface area contributed by atoms with Gasteiger partial charge < -0.3 is 10.3 Å². The Hall–Kier alpha value is -1.81. The number of nitrogens with zero attached hydrogens (tertiary/aromatic N) is 2. The summed E-state index contributed by atoms with van der Waals surface area (Å²) in [4.78, 5) is 7.95. The number of H-pyrrole nitrogens is 1. The minimum atomic E-state index is 0.155. The van der Waals surface area contributed by atoms with E-state index >= 15 is 0 Å². The first kappa shape index (κ1) is 12.2. The average Bonchev–Trinajstić information content (AvgIpc) is 2.84. The van der Waals surface area contributed by atoms with Crippen LogP contribution in [0.1, 0.15) is 32.0 Å². The average molecular weight is 256 g/mol. The van der Waals surface area contributed by atoms with E-state index < -0.39 is 0 Å². The lowest BCUT2D eigenvalue weighted by Crippen LogP contribution is -2.10. The third kappa shape index (κ3) is 2.02. The molecule has 0 radical (unpaired) electrons. The van der Waals surface area contributed by atoms with Crippen molar-refractivity contribution < 1.29 is 0 Å². The van der Waals surface area contributed by atoms with Gasteiger partial charge in [0.25, 0.3) is 0 Å². The van der Waals surface area contributed by atoms with Crippen molar-refractivity contribution in [3.8, 4) is 0 Å². The van der Waals surface area contributed by atoms with E-state index in [1.165, 1.54) is 11.1 Å². The fourth-order valence-corrected chi connectivity index (χ4v) is 2.39. The summed E-state index contributed by atoms with van der Waals surface area (Å²) in [6.45, 7) is 7.52. The van der Waals surface area contributed by atoms with Crippen molar-refractivity contribution in [1.82, 2.24) is 19.7 Å². The highest BCUT2D eigenvalue weighted by Gasteiger charge is 2.16. The van der Waals surface area contributed by atoms with E-state index in [9.17, 15) is 0 Å². The van der Waals surface area contributed by atoms with Crippen molar-refractivity contribution in [2.75, 3.05) is 7.05 Å². The fraction of sp³-hybridized carbons (Fsp3) is 0.400. The van der Waals surface area contributed by atoms with Gasteiger partial charge in [0, 0.05) is 18.4 Å². The number of benzene rings is 1. The highest BCUT2D eigenvalue weighted by molar-refractivity contribution is 5.80. The monoisotopic (exact) mass is 256 g/mol. The maximum atomic E-state index is 4.62. The van der Waals surface area contributed by atoms with E-state index in [0.717, 1.165) is 23.5 Å². The molecule has 3 rings (SSSR count). The summed E-state index contributed by atoms with van der Waals surface area (Å²) in [6, 6.07) is 6.52. The quantitative estimate of drug-likeness (QED) is 0.740. The molecule has 2 aromatic heterocycles. The first-order valence-corrected chi connectivity index (χ1v) is 6.64. The van der Waals surface area contributed by atoms with Gasteiger partial charge in [0.1, 0.15) is 0 Å². The molecule has 2 N–H and O–H groups in total. The van der Waals surface area contributed by atoms with Gasteiger partial charge in [-0.25, -0.2) is 4.98 Å². The Morgan fingerprint density at radius 3 is 2.79 bits per heavy atom. The van der Waals surface area contributed by atoms with Crippen molar-refractivity contribution in [3.63, 3.8) is 0 Å². The van der Waals surface area contributed by atoms with E-state index in [0.29, 0.717) is 0 Å². The molecule has 0 fully saturated rings. The number of fused-ring (bicyclic) bond motifs is 3. The molecule has 3 aromatic rings. The second-order valence-electron chi connectivity index (χ2n) is 6.07. The van der Waals surface area contributed by atoms with Crippen LogP contribution in [-0.2, 0) is 12.0 Å². The highest BCUT2D eigenvalue weighted by Crippen LogP contribution is 2.26. The van der Waals surface area contributed by atoms with Gasteiger partial charge in [-0.05, 0) is 30.2 Å². The molecule has 0 atom stereocenters. The maximum absolute atomic E-state index is 4.62. The molecule has 100 valence electrons. The van der Waals surface area contributed by atoms with Gasteiger partial charge in [-0.3, -0.25) is 4.40 Å². The zero-order valence-electron chi connectivity index (χ0n) is 11.9. The van der Waals surface area contributed by atoms with Crippen molar-refractivity contribution in [2.24, 2.45) is 0 Å². The molecule has 0 aliphatic carbocycles. The molecule has 4 heteroatoms. The standard InChI is InChI=1S/C15H20N4/c1-15(2,3)10-5-6-12-13(7-10)19-9-11(8-16-4)17-14(19)18-12/h5-7,9,16H,8H2,1-4H3,(H,17,18). The molecule has 0 spiro atoms. The highest BCUT2D eigenvalue weighted by atomic mass is 15.1. The number of rotatable bonds is 2. The summed E-state index contributed by atoms with van der Waals surface area (Å²) in [5, 5.41) is 3.15. The number of aromatic nitrogens is 3. The molecule has 1 aromatic carbocycles. The van der Waals surface area contributed by atoms with Crippen LogP contribution in [0.5, 0.6) is 0 Å². The van der Waals surface area contributed by atoms with Crippen LogP contribution in [-0.4, -0.2) is 21.4 Å². The van der Waals surface area contributed by atoms with Crippen LogP contribution >= 0.6 is 0 Å². The van der Waals surface area contributed by atoms with Gasteiger partial charge in [0.2, 0.25) is 5.78 Å². The molecular formula is C15H20N4. The molecule has 19 heavy (non-hydrogen) atoms. The van der Waals surface area contributed by atoms with E-state index in [1.807, 2.05) is 7.05 Å². The van der Waals surface area contributed by atoms with Crippen molar-refractivity contribution in [3.05, 3.63) is 35.7 Å². The molecule has 2 heterocycles. The van der Waals surface area contributed by atoms with E-state index in [1.54, 1.807) is 0 Å². The van der Waals surface area contributed by atoms with Crippen molar-refractivity contribution >= 4 is 16.8 Å². The van der Waals surface area contributed by atoms with Gasteiger partial charge in [-0.2, -0.15) is 0 Å². The molecule has 0 aliphatic rings. The zero-order valence-corrected chi connectivity index (χ0v) is 11.9. The largest absolute Gasteiger partial charge is 0.326 e. The zero-order chi connectivity index (χ0) is 13.6. The predicted octanol–water partition coefficient (Wildman–Crippen LogP) is 2.83. The first-order valence-electron chi connectivity index (χ1n) is 6.64. The molecule has 0 amide bonds. The van der Waals surface area contributed by atoms with Crippen molar-refractivity contribution in [2.45, 2.75) is 32.7 Å². The molecular weight excluding hydrogens is 236 g/mol. The number of aromatic amines is 1. The Morgan fingerprint density at radius 1 is 1.32 bits per heavy atom. The smallest absolute Gasteiger partial charge is 0.212 e. The van der Waals surface area contributed by atoms with Crippen LogP contribution in [0, 0.1) is 0 Å². The topological polar surface area (TPSA) is 45.1 Å². The lowest BCUT2D eigenvalue weighted by atomic mass is 9.87. The van der Waals surface area contributed by atoms with Crippen LogP contribution < -0.4 is 5.32 Å². The minimum absolute atomic E-state index is 0.155. The number of nitrogens with one attached hydrogen (secondary N) is 2. The molecule has 4 nitrogen and oxygen atoms in total. The summed E-state index contributed by atoms with van der Waals surface area (Å²) in [5.41, 5.74) is 4.84. The van der Waals surface area contributed by atoms with Crippen LogP contribution in [0.2, 0.25) is 0 Å². The summed E-state index contributed by atoms with van der Waals surface area (Å²) in [6.07, 6.45) is 2.12. The maximum Gasteiger partial charge on any atom is 0.212 e. The Morgan fingerprint density at radius 2 is 2.11 bits per heavy atom. The van der Waals surface area contributed by atoms with Crippen LogP contribution in [0.3, 0.4) is 0 Å². The first-order chi connectivity index (χ1) is 8.99. The predicted molar refractivity (Wildman–Crippen MR) is 78.5 cm³/mol. The second kappa shape index (κ2) is 4.10. The molecule has 0 bridgehead atoms. The third-order valence-corrected chi connectivity index (χ3v) is 3.48. The van der Waals surface area contributed by atoms with E-state index in [-0.39, 0.29) is 5.41 Å². The van der Waals surface area contributed by atoms with E-state index in [2.05, 4.69) is 64.9 Å². The number of hydrogen-bond donors (Lipinski definition) is 2. The lowest BCUT2D eigenvalue weighted by molar-refractivity contribution is 0.591. The van der Waals surface area contributed by atoms with Crippen LogP contribution in [0.15, 0.2) is 24.4 Å². The second-order valence-corrected chi connectivity index (χ2v) is 6.07. The molecule has 0 unspecified atom stereocenters. The number of hydrogen-bond acceptors (Lipinski definition) is 2. The Kier molecular flexibility index (Phi) is 2.64. The summed E-state index contributed by atoms with van der Waals surface area (Å²) in [5.74, 6) is 0.909. The fourth-order valence-electron chi connectivity index (χ4n) is 2.39. The SMILES string of the molecule is CNCc1cn2c(nc3ccc(C(C)(C)C)cc32)[nH]1. The minimum Gasteiger partial charge on any atom is -0.326 e. The van der Waals surface area contributed by atoms with Crippen molar-refractivity contribution in [1.29, 1.82) is 0 Å². The summed E-state index contributed by atoms with van der Waals surface area (Å²) in [7, 11) is 1.94. The number of imidazole rings is 2. The van der Waals surface area contributed by atoms with Gasteiger partial charge >= 0.3 is 0 Å². The van der Waals surface area contributed by atoms with Gasteiger partial charge in [-0.15, -0.1) is 0 Å². The Bertz CT molecular complexity index is 728. The van der Waals surface area contributed by atoms with Crippen LogP contribution in [0.4, 0.5) is 0 Å². The van der Waals surface area contributed by atoms with Gasteiger partial charge in [0.15, 0.2) is 0 Å². The van der Waals surface area contributed by atoms with Gasteiger partial charge in [0.05, 0.1) is 11.0 Å². The Balaban J connectivity index is 2.21. The Labute approximate surface area is 112 Å². The molecule has 0 saturated heterocycles. The van der Waals surface area contributed by atoms with E-state index in [4.69, 9.17) is 0 Å². The normalized spacial score (nSPS) is 12.6. The summed E-state index contributed by atoms with van der Waals surface area (Å²) >= 11 is 0. The third-order valence-electron chi connectivity index (χ3n) is 3.48. The van der Waals surface area contributed by atoms with Gasteiger partial charge in [-0.1, -0.05) is 26.8 Å². The summed E-state index contributed by atoms with van der Waals surface area (Å²) < 4.78 is 2.14. The van der Waals surface area contributed by atoms with Crippen LogP contribution in [0.25, 0.3) is 16.8 Å². The molecule has 0 saturated carbocycles. The molecule has 0 aliphatic heterocycles.